The number of rotatable bonds is 13. The number of thioether (sulfide) groups is 1. The Kier molecular flexibility index (Phi) is 9.52. The molecule has 0 aliphatic carbocycles. The molecule has 1 aromatic carbocycles. The zero-order valence-electron chi connectivity index (χ0n) is 17.1. The van der Waals surface area contributed by atoms with E-state index in [0.717, 1.165) is 35.8 Å². The Bertz CT molecular complexity index is 823. The summed E-state index contributed by atoms with van der Waals surface area (Å²) < 4.78 is 5.75. The van der Waals surface area contributed by atoms with Crippen LogP contribution in [0.2, 0.25) is 0 Å². The lowest BCUT2D eigenvalue weighted by Gasteiger charge is -2.15. The molecule has 0 radical (unpaired) electrons. The molecule has 0 bridgehead atoms. The molecule has 1 aromatic heterocycles. The van der Waals surface area contributed by atoms with Crippen molar-refractivity contribution in [3.8, 4) is 5.75 Å². The van der Waals surface area contributed by atoms with E-state index in [2.05, 4.69) is 10.6 Å². The molecule has 0 aliphatic heterocycles. The Morgan fingerprint density at radius 2 is 1.93 bits per heavy atom. The summed E-state index contributed by atoms with van der Waals surface area (Å²) in [5.41, 5.74) is 0.600. The lowest BCUT2D eigenvalue weighted by molar-refractivity contribution is -0.404. The second-order valence-corrected chi connectivity index (χ2v) is 8.01. The van der Waals surface area contributed by atoms with Crippen LogP contribution in [0.1, 0.15) is 23.2 Å². The highest BCUT2D eigenvalue weighted by Crippen LogP contribution is 2.17. The van der Waals surface area contributed by atoms with Gasteiger partial charge in [-0.2, -0.15) is 11.8 Å². The van der Waals surface area contributed by atoms with E-state index >= 15 is 0 Å². The van der Waals surface area contributed by atoms with Crippen LogP contribution in [0.15, 0.2) is 52.8 Å². The number of hydrogen-bond donors (Lipinski definition) is 4. The van der Waals surface area contributed by atoms with Crippen molar-refractivity contribution in [1.82, 2.24) is 15.5 Å². The molecule has 0 saturated heterocycles. The van der Waals surface area contributed by atoms with Crippen molar-refractivity contribution in [3.05, 3.63) is 75.6 Å². The van der Waals surface area contributed by atoms with Gasteiger partial charge in [0.25, 0.3) is 6.20 Å². The molecule has 2 rings (SSSR count). The van der Waals surface area contributed by atoms with Crippen molar-refractivity contribution in [1.29, 1.82) is 0 Å². The quantitative estimate of drug-likeness (QED) is 0.213. The fourth-order valence-electron chi connectivity index (χ4n) is 2.61. The summed E-state index contributed by atoms with van der Waals surface area (Å²) in [5.74, 6) is 3.59. The minimum atomic E-state index is -0.868. The van der Waals surface area contributed by atoms with Crippen LogP contribution in [0.5, 0.6) is 5.75 Å². The van der Waals surface area contributed by atoms with Gasteiger partial charge in [-0.15, -0.1) is 0 Å². The Balaban J connectivity index is 1.73. The zero-order valence-corrected chi connectivity index (χ0v) is 17.9. The topological polar surface area (TPSA) is 124 Å². The van der Waals surface area contributed by atoms with E-state index in [0.29, 0.717) is 12.1 Å². The maximum Gasteiger partial charge on any atom is 0.274 e. The predicted molar refractivity (Wildman–Crippen MR) is 116 cm³/mol. The van der Waals surface area contributed by atoms with Crippen LogP contribution < -0.4 is 10.6 Å². The average Bonchev–Trinajstić information content (AvgIpc) is 3.12. The van der Waals surface area contributed by atoms with Gasteiger partial charge in [0.2, 0.25) is 0 Å². The van der Waals surface area contributed by atoms with Crippen molar-refractivity contribution in [2.45, 2.75) is 18.4 Å². The number of nitrogens with zero attached hydrogens (tertiary/aromatic N) is 2. The summed E-state index contributed by atoms with van der Waals surface area (Å²) in [4.78, 5) is 12.3. The molecule has 0 unspecified atom stereocenters. The normalized spacial score (nSPS) is 12.7. The molecule has 0 amide bonds. The highest BCUT2D eigenvalue weighted by molar-refractivity contribution is 7.98. The molecule has 1 heterocycles. The van der Waals surface area contributed by atoms with Crippen LogP contribution >= 0.6 is 11.8 Å². The smallest absolute Gasteiger partial charge is 0.274 e. The number of phenols is 1. The Morgan fingerprint density at radius 3 is 2.60 bits per heavy atom. The Labute approximate surface area is 179 Å². The first kappa shape index (κ1) is 23.6. The molecule has 9 nitrogen and oxygen atoms in total. The number of furan rings is 1. The third kappa shape index (κ3) is 8.76. The molecule has 4 N–H and O–H groups in total. The van der Waals surface area contributed by atoms with Gasteiger partial charge in [0, 0.05) is 18.8 Å². The molecule has 164 valence electrons. The van der Waals surface area contributed by atoms with Gasteiger partial charge in [-0.25, -0.2) is 0 Å². The van der Waals surface area contributed by atoms with E-state index in [-0.39, 0.29) is 18.1 Å². The van der Waals surface area contributed by atoms with E-state index in [9.17, 15) is 20.3 Å². The predicted octanol–water partition coefficient (Wildman–Crippen LogP) is 2.27. The molecular formula is C20H28N4O5S. The number of aromatic hydroxyl groups is 1. The van der Waals surface area contributed by atoms with Gasteiger partial charge in [-0.3, -0.25) is 10.1 Å². The minimum Gasteiger partial charge on any atom is -0.508 e. The summed E-state index contributed by atoms with van der Waals surface area (Å²) in [5, 5.41) is 36.2. The zero-order chi connectivity index (χ0) is 21.9. The number of benzene rings is 1. The van der Waals surface area contributed by atoms with E-state index < -0.39 is 11.0 Å². The number of hydrogen-bond acceptors (Lipinski definition) is 9. The van der Waals surface area contributed by atoms with Gasteiger partial charge in [0.15, 0.2) is 5.82 Å². The van der Waals surface area contributed by atoms with E-state index in [1.165, 1.54) is 12.1 Å². The maximum atomic E-state index is 10.9. The third-order valence-corrected chi connectivity index (χ3v) is 4.98. The van der Waals surface area contributed by atoms with E-state index in [1.54, 1.807) is 23.9 Å². The number of nitro groups is 1. The summed E-state index contributed by atoms with van der Waals surface area (Å²) >= 11 is 1.65. The van der Waals surface area contributed by atoms with Crippen LogP contribution in [0.4, 0.5) is 0 Å². The molecule has 0 saturated carbocycles. The minimum absolute atomic E-state index is 0.0889. The molecule has 10 heteroatoms. The van der Waals surface area contributed by atoms with E-state index in [4.69, 9.17) is 4.42 Å². The number of aliphatic hydroxyl groups is 1. The molecule has 2 aromatic rings. The fraction of sp³-hybridized carbons (Fsp3) is 0.400. The van der Waals surface area contributed by atoms with Crippen molar-refractivity contribution in [2.24, 2.45) is 0 Å². The van der Waals surface area contributed by atoms with E-state index in [1.807, 2.05) is 31.1 Å². The lowest BCUT2D eigenvalue weighted by atomic mass is 10.1. The van der Waals surface area contributed by atoms with Crippen LogP contribution in [0.3, 0.4) is 0 Å². The molecule has 0 fully saturated rings. The highest BCUT2D eigenvalue weighted by atomic mass is 32.2. The number of phenolic OH excluding ortho intramolecular Hbond substituents is 1. The standard InChI is InChI=1S/C20H28N4O5S/c1-23(2)12-17-7-8-18(29-17)14-30-10-9-21-20(13-24(27)28)22-11-19(26)15-3-5-16(25)6-4-15/h3-8,13,19,21-22,25-26H,9-12,14H2,1-2H3/t19-/m1/s1. The average molecular weight is 437 g/mol. The van der Waals surface area contributed by atoms with Gasteiger partial charge in [-0.05, 0) is 43.9 Å². The van der Waals surface area contributed by atoms with Crippen molar-refractivity contribution < 1.29 is 19.6 Å². The Hall–Kier alpha value is -2.69. The molecule has 0 aliphatic rings. The molecule has 30 heavy (non-hydrogen) atoms. The maximum absolute atomic E-state index is 10.9. The second kappa shape index (κ2) is 12.1. The van der Waals surface area contributed by atoms with Crippen LogP contribution in [0, 0.1) is 10.1 Å². The lowest BCUT2D eigenvalue weighted by Crippen LogP contribution is -2.31. The first-order chi connectivity index (χ1) is 14.3. The van der Waals surface area contributed by atoms with Gasteiger partial charge in [0.05, 0.1) is 23.3 Å². The summed E-state index contributed by atoms with van der Waals surface area (Å²) in [6, 6.07) is 10.1. The number of aliphatic hydroxyl groups excluding tert-OH is 1. The van der Waals surface area contributed by atoms with Crippen LogP contribution in [0.25, 0.3) is 0 Å². The molecule has 1 atom stereocenters. The van der Waals surface area contributed by atoms with Gasteiger partial charge < -0.3 is 30.2 Å². The van der Waals surface area contributed by atoms with Crippen LogP contribution in [-0.2, 0) is 12.3 Å². The summed E-state index contributed by atoms with van der Waals surface area (Å²) in [6.07, 6.45) is -0.0268. The van der Waals surface area contributed by atoms with Crippen molar-refractivity contribution >= 4 is 11.8 Å². The fourth-order valence-corrected chi connectivity index (χ4v) is 3.35. The number of nitrogens with one attached hydrogen (secondary N) is 2. The van der Waals surface area contributed by atoms with Gasteiger partial charge in [0.1, 0.15) is 17.3 Å². The first-order valence-corrected chi connectivity index (χ1v) is 10.6. The summed E-state index contributed by atoms with van der Waals surface area (Å²) in [6.45, 7) is 1.35. The SMILES string of the molecule is CN(C)Cc1ccc(CSCCNC(=C[N+](=O)[O-])NC[C@@H](O)c2ccc(O)cc2)o1. The first-order valence-electron chi connectivity index (χ1n) is 9.43. The van der Waals surface area contributed by atoms with Gasteiger partial charge >= 0.3 is 0 Å². The third-order valence-electron chi connectivity index (χ3n) is 3.99. The second-order valence-electron chi connectivity index (χ2n) is 6.90. The summed E-state index contributed by atoms with van der Waals surface area (Å²) in [7, 11) is 3.97. The largest absolute Gasteiger partial charge is 0.508 e. The highest BCUT2D eigenvalue weighted by Gasteiger charge is 2.10. The van der Waals surface area contributed by atoms with Crippen molar-refractivity contribution in [3.63, 3.8) is 0 Å². The Morgan fingerprint density at radius 1 is 1.23 bits per heavy atom. The molecule has 0 spiro atoms. The van der Waals surface area contributed by atoms with Crippen molar-refractivity contribution in [2.75, 3.05) is 32.9 Å². The van der Waals surface area contributed by atoms with Crippen LogP contribution in [-0.4, -0.2) is 53.0 Å². The van der Waals surface area contributed by atoms with Gasteiger partial charge in [-0.1, -0.05) is 12.1 Å². The molecular weight excluding hydrogens is 408 g/mol. The monoisotopic (exact) mass is 436 g/mol.